The highest BCUT2D eigenvalue weighted by molar-refractivity contribution is 7.71. The molecule has 2 aromatic heterocycles. The van der Waals surface area contributed by atoms with Crippen molar-refractivity contribution in [1.29, 1.82) is 5.26 Å². The number of aromatic amines is 2. The normalized spacial score (nSPS) is 10.5. The predicted molar refractivity (Wildman–Crippen MR) is 87.0 cm³/mol. The molecule has 21 heavy (non-hydrogen) atoms. The van der Waals surface area contributed by atoms with E-state index in [0.29, 0.717) is 20.6 Å². The van der Waals surface area contributed by atoms with E-state index < -0.39 is 0 Å². The summed E-state index contributed by atoms with van der Waals surface area (Å²) < 4.78 is 0.755. The Morgan fingerprint density at radius 1 is 1.14 bits per heavy atom. The van der Waals surface area contributed by atoms with E-state index in [4.69, 9.17) is 24.4 Å². The fraction of sp³-hybridized carbons (Fsp3) is 0.0667. The van der Waals surface area contributed by atoms with Gasteiger partial charge in [0.05, 0.1) is 11.3 Å². The van der Waals surface area contributed by atoms with Crippen LogP contribution < -0.4 is 0 Å². The third kappa shape index (κ3) is 2.27. The fourth-order valence-electron chi connectivity index (χ4n) is 2.35. The summed E-state index contributed by atoms with van der Waals surface area (Å²) in [5.74, 6) is 0. The van der Waals surface area contributed by atoms with Crippen LogP contribution in [-0.4, -0.2) is 15.0 Å². The molecule has 2 heterocycles. The van der Waals surface area contributed by atoms with Crippen LogP contribution in [0.3, 0.4) is 0 Å². The molecule has 0 aliphatic carbocycles. The smallest absolute Gasteiger partial charge is 0.199 e. The Hall–Kier alpha value is -2.36. The van der Waals surface area contributed by atoms with Crippen LogP contribution in [0.2, 0.25) is 0 Å². The van der Waals surface area contributed by atoms with Crippen LogP contribution in [0.15, 0.2) is 30.3 Å². The zero-order valence-electron chi connectivity index (χ0n) is 11.1. The van der Waals surface area contributed by atoms with Gasteiger partial charge in [0.15, 0.2) is 4.77 Å². The van der Waals surface area contributed by atoms with E-state index in [-0.39, 0.29) is 0 Å². The first-order valence-electron chi connectivity index (χ1n) is 6.24. The quantitative estimate of drug-likeness (QED) is 0.661. The number of rotatable bonds is 1. The molecular weight excluding hydrogens is 300 g/mol. The van der Waals surface area contributed by atoms with Crippen molar-refractivity contribution in [2.75, 3.05) is 0 Å². The average Bonchev–Trinajstić information content (AvgIpc) is 2.47. The number of nitrogens with one attached hydrogen (secondary N) is 2. The van der Waals surface area contributed by atoms with Gasteiger partial charge in [0, 0.05) is 5.39 Å². The molecule has 0 aliphatic rings. The van der Waals surface area contributed by atoms with Crippen molar-refractivity contribution >= 4 is 35.5 Å². The minimum atomic E-state index is 0.371. The number of pyridine rings is 1. The second-order valence-corrected chi connectivity index (χ2v) is 5.37. The maximum atomic E-state index is 9.29. The highest BCUT2D eigenvalue weighted by Gasteiger charge is 2.13. The number of nitriles is 1. The highest BCUT2D eigenvalue weighted by atomic mass is 32.1. The Labute approximate surface area is 131 Å². The van der Waals surface area contributed by atoms with Crippen molar-refractivity contribution in [3.8, 4) is 17.3 Å². The Kier molecular flexibility index (Phi) is 3.37. The molecule has 0 unspecified atom stereocenters. The summed E-state index contributed by atoms with van der Waals surface area (Å²) in [6.07, 6.45) is 0. The number of aromatic nitrogens is 3. The van der Waals surface area contributed by atoms with Crippen molar-refractivity contribution in [1.82, 2.24) is 15.0 Å². The molecule has 0 amide bonds. The molecule has 3 rings (SSSR count). The van der Waals surface area contributed by atoms with Crippen LogP contribution in [0.25, 0.3) is 22.3 Å². The van der Waals surface area contributed by atoms with Gasteiger partial charge in [-0.3, -0.25) is 0 Å². The third-order valence-corrected chi connectivity index (χ3v) is 3.81. The van der Waals surface area contributed by atoms with Crippen LogP contribution in [0.4, 0.5) is 0 Å². The van der Waals surface area contributed by atoms with Gasteiger partial charge in [0.2, 0.25) is 0 Å². The predicted octanol–water partition coefficient (Wildman–Crippen LogP) is 4.20. The summed E-state index contributed by atoms with van der Waals surface area (Å²) in [5.41, 5.74) is 3.68. The van der Waals surface area contributed by atoms with Gasteiger partial charge in [-0.05, 0) is 30.3 Å². The lowest BCUT2D eigenvalue weighted by Crippen LogP contribution is -1.98. The van der Waals surface area contributed by atoms with E-state index in [1.54, 1.807) is 0 Å². The van der Waals surface area contributed by atoms with Crippen molar-refractivity contribution < 1.29 is 0 Å². The number of H-pyrrole nitrogens is 2. The van der Waals surface area contributed by atoms with Crippen LogP contribution in [-0.2, 0) is 0 Å². The number of nitrogens with zero attached hydrogens (tertiary/aromatic N) is 2. The average molecular weight is 310 g/mol. The summed E-state index contributed by atoms with van der Waals surface area (Å²) >= 11 is 10.4. The molecule has 6 heteroatoms. The van der Waals surface area contributed by atoms with Crippen LogP contribution >= 0.6 is 24.4 Å². The summed E-state index contributed by atoms with van der Waals surface area (Å²) in [4.78, 5) is 10.4. The maximum absolute atomic E-state index is 9.29. The van der Waals surface area contributed by atoms with E-state index >= 15 is 0 Å². The van der Waals surface area contributed by atoms with Gasteiger partial charge in [0.25, 0.3) is 0 Å². The van der Waals surface area contributed by atoms with Gasteiger partial charge < -0.3 is 9.97 Å². The van der Waals surface area contributed by atoms with Gasteiger partial charge in [-0.25, -0.2) is 4.98 Å². The van der Waals surface area contributed by atoms with E-state index in [0.717, 1.165) is 22.2 Å². The van der Waals surface area contributed by atoms with E-state index in [9.17, 15) is 5.26 Å². The molecule has 2 N–H and O–H groups in total. The van der Waals surface area contributed by atoms with Gasteiger partial charge in [-0.15, -0.1) is 0 Å². The van der Waals surface area contributed by atoms with E-state index in [1.807, 2.05) is 37.3 Å². The molecule has 0 fully saturated rings. The van der Waals surface area contributed by atoms with Crippen LogP contribution in [0.1, 0.15) is 11.1 Å². The number of aryl methyl sites for hydroxylation is 1. The highest BCUT2D eigenvalue weighted by Crippen LogP contribution is 2.28. The fourth-order valence-corrected chi connectivity index (χ4v) is 2.84. The van der Waals surface area contributed by atoms with E-state index in [2.05, 4.69) is 21.0 Å². The second kappa shape index (κ2) is 5.20. The molecule has 0 radical (unpaired) electrons. The topological polar surface area (TPSA) is 68.3 Å². The zero-order chi connectivity index (χ0) is 15.0. The summed E-state index contributed by atoms with van der Waals surface area (Å²) in [6, 6.07) is 11.9. The first kappa shape index (κ1) is 13.6. The molecule has 0 bridgehead atoms. The standard InChI is InChI=1S/C15H10N4S2/c1-8-10(7-16)14(20)18-13-11(8)12(17-15(21)19-13)9-5-3-2-4-6-9/h2-6H,1H3,(H2,17,18,19,20,21). The molecule has 4 nitrogen and oxygen atoms in total. The summed E-state index contributed by atoms with van der Waals surface area (Å²) in [7, 11) is 0. The Morgan fingerprint density at radius 2 is 1.86 bits per heavy atom. The SMILES string of the molecule is Cc1c(C#N)c(=S)[nH]c2nc(=S)[nH]c(-c3ccccc3)c12. The molecule has 0 saturated carbocycles. The zero-order valence-corrected chi connectivity index (χ0v) is 12.7. The summed E-state index contributed by atoms with van der Waals surface area (Å²) in [6.45, 7) is 1.87. The van der Waals surface area contributed by atoms with Gasteiger partial charge >= 0.3 is 0 Å². The first-order valence-corrected chi connectivity index (χ1v) is 7.06. The molecule has 1 aromatic carbocycles. The first-order chi connectivity index (χ1) is 10.1. The van der Waals surface area contributed by atoms with Crippen molar-refractivity contribution in [2.24, 2.45) is 0 Å². The lowest BCUT2D eigenvalue weighted by molar-refractivity contribution is 1.14. The lowest BCUT2D eigenvalue weighted by atomic mass is 10.0. The molecule has 0 atom stereocenters. The van der Waals surface area contributed by atoms with Crippen molar-refractivity contribution in [3.05, 3.63) is 50.9 Å². The largest absolute Gasteiger partial charge is 0.330 e. The molecule has 3 aromatic rings. The Bertz CT molecular complexity index is 994. The number of benzene rings is 1. The Morgan fingerprint density at radius 3 is 2.52 bits per heavy atom. The molecule has 0 spiro atoms. The van der Waals surface area contributed by atoms with Gasteiger partial charge in [-0.1, -0.05) is 42.5 Å². The lowest BCUT2D eigenvalue weighted by Gasteiger charge is -2.10. The molecule has 102 valence electrons. The number of hydrogen-bond acceptors (Lipinski definition) is 4. The van der Waals surface area contributed by atoms with Gasteiger partial charge in [-0.2, -0.15) is 5.26 Å². The maximum Gasteiger partial charge on any atom is 0.199 e. The second-order valence-electron chi connectivity index (χ2n) is 4.57. The third-order valence-electron chi connectivity index (χ3n) is 3.32. The molecule has 0 aliphatic heterocycles. The monoisotopic (exact) mass is 310 g/mol. The molecular formula is C15H10N4S2. The van der Waals surface area contributed by atoms with Crippen molar-refractivity contribution in [3.63, 3.8) is 0 Å². The van der Waals surface area contributed by atoms with Gasteiger partial charge in [0.1, 0.15) is 16.4 Å². The minimum Gasteiger partial charge on any atom is -0.330 e. The molecule has 0 saturated heterocycles. The number of fused-ring (bicyclic) bond motifs is 1. The van der Waals surface area contributed by atoms with Crippen LogP contribution in [0.5, 0.6) is 0 Å². The van der Waals surface area contributed by atoms with E-state index in [1.165, 1.54) is 0 Å². The summed E-state index contributed by atoms with van der Waals surface area (Å²) in [5, 5.41) is 10.1. The van der Waals surface area contributed by atoms with Crippen molar-refractivity contribution in [2.45, 2.75) is 6.92 Å². The number of hydrogen-bond donors (Lipinski definition) is 2. The van der Waals surface area contributed by atoms with Crippen LogP contribution in [0, 0.1) is 27.7 Å². The Balaban J connectivity index is 2.54. The minimum absolute atomic E-state index is 0.371.